The molecular weight excluding hydrogens is 294 g/mol. The first-order valence-electron chi connectivity index (χ1n) is 7.34. The molecule has 0 fully saturated rings. The quantitative estimate of drug-likeness (QED) is 0.941. The van der Waals surface area contributed by atoms with E-state index in [4.69, 9.17) is 4.52 Å². The number of amides is 2. The zero-order valence-corrected chi connectivity index (χ0v) is 14.1. The summed E-state index contributed by atoms with van der Waals surface area (Å²) in [5.41, 5.74) is 4.12. The summed E-state index contributed by atoms with van der Waals surface area (Å²) >= 11 is 0. The van der Waals surface area contributed by atoms with E-state index >= 15 is 0 Å². The number of hydrogen-bond acceptors (Lipinski definition) is 4. The van der Waals surface area contributed by atoms with Gasteiger partial charge in [-0.25, -0.2) is 0 Å². The Balaban J connectivity index is 2.03. The monoisotopic (exact) mass is 315 g/mol. The van der Waals surface area contributed by atoms with Gasteiger partial charge in [0.1, 0.15) is 5.76 Å². The molecule has 23 heavy (non-hydrogen) atoms. The van der Waals surface area contributed by atoms with Gasteiger partial charge in [0.25, 0.3) is 5.91 Å². The van der Waals surface area contributed by atoms with E-state index in [1.54, 1.807) is 20.0 Å². The van der Waals surface area contributed by atoms with E-state index in [-0.39, 0.29) is 24.1 Å². The van der Waals surface area contributed by atoms with Crippen molar-refractivity contribution in [1.82, 2.24) is 10.1 Å². The van der Waals surface area contributed by atoms with Gasteiger partial charge in [0.15, 0.2) is 5.69 Å². The lowest BCUT2D eigenvalue weighted by Gasteiger charge is -2.17. The number of nitrogens with zero attached hydrogens (tertiary/aromatic N) is 2. The maximum absolute atomic E-state index is 12.2. The molecular formula is C17H21N3O3. The molecule has 0 spiro atoms. The van der Waals surface area contributed by atoms with Crippen molar-refractivity contribution in [3.63, 3.8) is 0 Å². The maximum Gasteiger partial charge on any atom is 0.276 e. The Hall–Kier alpha value is -2.63. The summed E-state index contributed by atoms with van der Waals surface area (Å²) in [6, 6.07) is 5.57. The zero-order chi connectivity index (χ0) is 17.1. The molecule has 0 saturated carbocycles. The van der Waals surface area contributed by atoms with Gasteiger partial charge in [-0.2, -0.15) is 0 Å². The van der Waals surface area contributed by atoms with E-state index in [9.17, 15) is 9.59 Å². The highest BCUT2D eigenvalue weighted by Gasteiger charge is 2.19. The van der Waals surface area contributed by atoms with Crippen LogP contribution < -0.4 is 5.32 Å². The number of aromatic nitrogens is 1. The van der Waals surface area contributed by atoms with E-state index in [1.165, 1.54) is 4.90 Å². The third-order valence-electron chi connectivity index (χ3n) is 3.52. The normalized spacial score (nSPS) is 10.5. The number of carbonyl (C=O) groups is 2. The Labute approximate surface area is 135 Å². The van der Waals surface area contributed by atoms with Crippen molar-refractivity contribution in [2.24, 2.45) is 0 Å². The van der Waals surface area contributed by atoms with Crippen LogP contribution in [-0.4, -0.2) is 35.5 Å². The minimum Gasteiger partial charge on any atom is -0.361 e. The summed E-state index contributed by atoms with van der Waals surface area (Å²) < 4.78 is 4.88. The number of hydrogen-bond donors (Lipinski definition) is 1. The molecule has 2 rings (SSSR count). The molecule has 6 nitrogen and oxygen atoms in total. The van der Waals surface area contributed by atoms with Crippen LogP contribution in [0.3, 0.4) is 0 Å². The Morgan fingerprint density at radius 2 is 1.74 bits per heavy atom. The van der Waals surface area contributed by atoms with E-state index in [2.05, 4.69) is 10.5 Å². The van der Waals surface area contributed by atoms with Crippen LogP contribution in [0.1, 0.15) is 32.9 Å². The second-order valence-corrected chi connectivity index (χ2v) is 5.81. The molecule has 0 aliphatic carbocycles. The number of nitrogens with one attached hydrogen (secondary N) is 1. The van der Waals surface area contributed by atoms with Crippen molar-refractivity contribution < 1.29 is 14.1 Å². The number of benzene rings is 1. The fraction of sp³-hybridized carbons (Fsp3) is 0.353. The Kier molecular flexibility index (Phi) is 4.83. The molecule has 0 atom stereocenters. The van der Waals surface area contributed by atoms with Gasteiger partial charge < -0.3 is 14.7 Å². The molecule has 2 amide bonds. The number of rotatable bonds is 4. The van der Waals surface area contributed by atoms with Gasteiger partial charge in [0, 0.05) is 18.8 Å². The Morgan fingerprint density at radius 3 is 2.26 bits per heavy atom. The number of likely N-dealkylation sites (N-methyl/N-ethyl adjacent to an activating group) is 1. The van der Waals surface area contributed by atoms with Crippen molar-refractivity contribution in [3.8, 4) is 0 Å². The minimum absolute atomic E-state index is 0.0580. The zero-order valence-electron chi connectivity index (χ0n) is 14.1. The number of aryl methyl sites for hydroxylation is 4. The highest BCUT2D eigenvalue weighted by atomic mass is 16.5. The summed E-state index contributed by atoms with van der Waals surface area (Å²) in [6.45, 7) is 7.56. The predicted molar refractivity (Wildman–Crippen MR) is 87.5 cm³/mol. The second-order valence-electron chi connectivity index (χ2n) is 5.81. The molecule has 0 aliphatic heterocycles. The van der Waals surface area contributed by atoms with Crippen LogP contribution in [0.4, 0.5) is 5.69 Å². The number of anilines is 1. The molecule has 1 heterocycles. The third kappa shape index (κ3) is 3.97. The molecule has 0 saturated heterocycles. The smallest absolute Gasteiger partial charge is 0.276 e. The third-order valence-corrected chi connectivity index (χ3v) is 3.52. The van der Waals surface area contributed by atoms with E-state index < -0.39 is 0 Å². The largest absolute Gasteiger partial charge is 0.361 e. The van der Waals surface area contributed by atoms with E-state index in [1.807, 2.05) is 32.9 Å². The first-order chi connectivity index (χ1) is 10.8. The van der Waals surface area contributed by atoms with Crippen molar-refractivity contribution >= 4 is 17.5 Å². The first kappa shape index (κ1) is 16.7. The lowest BCUT2D eigenvalue weighted by molar-refractivity contribution is -0.116. The van der Waals surface area contributed by atoms with Gasteiger partial charge in [-0.3, -0.25) is 9.59 Å². The summed E-state index contributed by atoms with van der Waals surface area (Å²) in [5, 5.41) is 6.54. The molecule has 122 valence electrons. The fourth-order valence-electron chi connectivity index (χ4n) is 2.51. The van der Waals surface area contributed by atoms with E-state index in [0.717, 1.165) is 22.4 Å². The van der Waals surface area contributed by atoms with Crippen LogP contribution in [0.15, 0.2) is 22.7 Å². The van der Waals surface area contributed by atoms with Crippen LogP contribution in [0.2, 0.25) is 0 Å². The molecule has 0 bridgehead atoms. The number of carbonyl (C=O) groups excluding carboxylic acids is 2. The van der Waals surface area contributed by atoms with Crippen molar-refractivity contribution in [2.45, 2.75) is 27.7 Å². The van der Waals surface area contributed by atoms with Crippen LogP contribution >= 0.6 is 0 Å². The molecule has 0 aliphatic rings. The predicted octanol–water partition coefficient (Wildman–Crippen LogP) is 2.62. The molecule has 6 heteroatoms. The van der Waals surface area contributed by atoms with Crippen LogP contribution in [0, 0.1) is 27.7 Å². The fourth-order valence-corrected chi connectivity index (χ4v) is 2.51. The molecule has 1 N–H and O–H groups in total. The topological polar surface area (TPSA) is 75.4 Å². The highest BCUT2D eigenvalue weighted by molar-refractivity contribution is 5.98. The van der Waals surface area contributed by atoms with Crippen LogP contribution in [-0.2, 0) is 4.79 Å². The average Bonchev–Trinajstić information content (AvgIpc) is 2.88. The second kappa shape index (κ2) is 6.64. The molecule has 1 aromatic carbocycles. The first-order valence-corrected chi connectivity index (χ1v) is 7.34. The molecule has 1 aromatic heterocycles. The van der Waals surface area contributed by atoms with Crippen molar-refractivity contribution in [2.75, 3.05) is 18.9 Å². The Bertz CT molecular complexity index is 726. The van der Waals surface area contributed by atoms with E-state index in [0.29, 0.717) is 5.76 Å². The summed E-state index contributed by atoms with van der Waals surface area (Å²) in [5.74, 6) is -0.0532. The van der Waals surface area contributed by atoms with Gasteiger partial charge in [-0.05, 0) is 38.8 Å². The average molecular weight is 315 g/mol. The van der Waals surface area contributed by atoms with Gasteiger partial charge >= 0.3 is 0 Å². The lowest BCUT2D eigenvalue weighted by atomic mass is 10.1. The Morgan fingerprint density at radius 1 is 1.13 bits per heavy atom. The lowest BCUT2D eigenvalue weighted by Crippen LogP contribution is -2.35. The highest BCUT2D eigenvalue weighted by Crippen LogP contribution is 2.21. The summed E-state index contributed by atoms with van der Waals surface area (Å²) in [7, 11) is 1.56. The molecule has 2 aromatic rings. The SMILES string of the molecule is Cc1cc(C)c(NC(=O)CN(C)C(=O)c2cc(C)on2)c(C)c1. The van der Waals surface area contributed by atoms with Crippen LogP contribution in [0.5, 0.6) is 0 Å². The van der Waals surface area contributed by atoms with Gasteiger partial charge in [-0.15, -0.1) is 0 Å². The maximum atomic E-state index is 12.2. The van der Waals surface area contributed by atoms with Crippen molar-refractivity contribution in [3.05, 3.63) is 46.3 Å². The van der Waals surface area contributed by atoms with Crippen LogP contribution in [0.25, 0.3) is 0 Å². The molecule has 0 radical (unpaired) electrons. The van der Waals surface area contributed by atoms with Gasteiger partial charge in [-0.1, -0.05) is 22.9 Å². The summed E-state index contributed by atoms with van der Waals surface area (Å²) in [6.07, 6.45) is 0. The standard InChI is InChI=1S/C17H21N3O3/c1-10-6-11(2)16(12(3)7-10)18-15(21)9-20(5)17(22)14-8-13(4)23-19-14/h6-8H,9H2,1-5H3,(H,18,21). The van der Waals surface area contributed by atoms with Crippen molar-refractivity contribution in [1.29, 1.82) is 0 Å². The molecule has 0 unspecified atom stereocenters. The van der Waals surface area contributed by atoms with Gasteiger partial charge in [0.05, 0.1) is 6.54 Å². The minimum atomic E-state index is -0.352. The summed E-state index contributed by atoms with van der Waals surface area (Å²) in [4.78, 5) is 25.7. The van der Waals surface area contributed by atoms with Gasteiger partial charge in [0.2, 0.25) is 5.91 Å².